The summed E-state index contributed by atoms with van der Waals surface area (Å²) in [5, 5.41) is 0.436. The number of rotatable bonds is 4. The molecule has 3 aromatic rings. The zero-order chi connectivity index (χ0) is 22.3. The molecule has 0 radical (unpaired) electrons. The number of primary amides is 1. The molecule has 1 atom stereocenters. The van der Waals surface area contributed by atoms with Gasteiger partial charge in [0.1, 0.15) is 16.5 Å². The maximum absolute atomic E-state index is 14.5. The van der Waals surface area contributed by atoms with Crippen molar-refractivity contribution in [1.82, 2.24) is 14.3 Å². The highest BCUT2D eigenvalue weighted by Gasteiger charge is 2.29. The smallest absolute Gasteiger partial charge is 0.272 e. The molecule has 1 aliphatic rings. The number of nitrogens with zero attached hydrogens (tertiary/aromatic N) is 2. The molecule has 0 spiro atoms. The monoisotopic (exact) mass is 464 g/mol. The highest BCUT2D eigenvalue weighted by atomic mass is 35.5. The van der Waals surface area contributed by atoms with E-state index in [0.29, 0.717) is 30.6 Å². The van der Waals surface area contributed by atoms with Crippen LogP contribution in [0.3, 0.4) is 0 Å². The lowest BCUT2D eigenvalue weighted by Crippen LogP contribution is -2.44. The lowest BCUT2D eigenvalue weighted by atomic mass is 9.96. The average Bonchev–Trinajstić information content (AvgIpc) is 3.06. The van der Waals surface area contributed by atoms with E-state index < -0.39 is 23.5 Å². The summed E-state index contributed by atoms with van der Waals surface area (Å²) in [6, 6.07) is 5.73. The number of nitrogens with two attached hydrogens (primary N) is 1. The number of carbonyl (C=O) groups excluding carboxylic acids is 2. The van der Waals surface area contributed by atoms with Gasteiger partial charge in [-0.25, -0.2) is 4.39 Å². The molecule has 162 valence electrons. The van der Waals surface area contributed by atoms with E-state index in [1.54, 1.807) is 6.07 Å². The minimum atomic E-state index is -0.649. The van der Waals surface area contributed by atoms with E-state index in [1.165, 1.54) is 33.7 Å². The molecule has 7 nitrogen and oxygen atoms in total. The summed E-state index contributed by atoms with van der Waals surface area (Å²) in [6.07, 6.45) is 3.01. The Morgan fingerprint density at radius 1 is 1.26 bits per heavy atom. The summed E-state index contributed by atoms with van der Waals surface area (Å²) in [7, 11) is 0. The first-order valence-electron chi connectivity index (χ1n) is 9.70. The Bertz CT molecular complexity index is 1250. The van der Waals surface area contributed by atoms with Crippen molar-refractivity contribution in [1.29, 1.82) is 0 Å². The number of piperidine rings is 1. The number of hydrogen-bond donors (Lipinski definition) is 2. The largest absolute Gasteiger partial charge is 0.369 e. The van der Waals surface area contributed by atoms with Gasteiger partial charge in [0.05, 0.1) is 16.5 Å². The topological polar surface area (TPSA) is 101 Å². The molecule has 0 bridgehead atoms. The first kappa shape index (κ1) is 21.4. The van der Waals surface area contributed by atoms with E-state index in [0.717, 1.165) is 0 Å². The quantitative estimate of drug-likeness (QED) is 0.620. The summed E-state index contributed by atoms with van der Waals surface area (Å²) < 4.78 is 16.0. The van der Waals surface area contributed by atoms with Gasteiger partial charge in [0.2, 0.25) is 5.91 Å². The van der Waals surface area contributed by atoms with Gasteiger partial charge in [-0.15, -0.1) is 0 Å². The second kappa shape index (κ2) is 8.36. The van der Waals surface area contributed by atoms with Gasteiger partial charge < -0.3 is 15.6 Å². The normalized spacial score (nSPS) is 16.6. The molecule has 4 rings (SSSR count). The summed E-state index contributed by atoms with van der Waals surface area (Å²) in [6.45, 7) is 0.611. The fraction of sp³-hybridized carbons (Fsp3) is 0.286. The molecular weight excluding hydrogens is 446 g/mol. The number of benzene rings is 1. The van der Waals surface area contributed by atoms with Crippen molar-refractivity contribution >= 4 is 40.5 Å². The lowest BCUT2D eigenvalue weighted by molar-refractivity contribution is -0.123. The van der Waals surface area contributed by atoms with Crippen LogP contribution in [0.1, 0.15) is 34.5 Å². The van der Waals surface area contributed by atoms with Crippen LogP contribution < -0.4 is 11.3 Å². The summed E-state index contributed by atoms with van der Waals surface area (Å²) in [5.41, 5.74) is 6.49. The summed E-state index contributed by atoms with van der Waals surface area (Å²) >= 11 is 12.3. The standard InChI is InChI=1S/C21H19Cl2FN4O3/c22-15-8-17-20(30)26-9-13(28(17)18(15)23)6-11-3-4-16(24)14(7-11)21(31)27-5-1-2-12(10-27)19(25)29/h3-4,7-9,12H,1-2,5-6,10H2,(H2,25,29)(H,26,30). The van der Waals surface area contributed by atoms with Crippen LogP contribution in [0.2, 0.25) is 10.2 Å². The van der Waals surface area contributed by atoms with E-state index in [-0.39, 0.29) is 39.8 Å². The number of likely N-dealkylation sites (tertiary alicyclic amines) is 1. The Morgan fingerprint density at radius 2 is 2.03 bits per heavy atom. The van der Waals surface area contributed by atoms with Crippen LogP contribution in [0, 0.1) is 11.7 Å². The van der Waals surface area contributed by atoms with Gasteiger partial charge in [-0.05, 0) is 36.6 Å². The predicted molar refractivity (Wildman–Crippen MR) is 115 cm³/mol. The molecule has 3 heterocycles. The van der Waals surface area contributed by atoms with Crippen LogP contribution in [0.5, 0.6) is 0 Å². The van der Waals surface area contributed by atoms with Crippen LogP contribution in [-0.4, -0.2) is 39.2 Å². The Hall–Kier alpha value is -2.84. The van der Waals surface area contributed by atoms with Crippen LogP contribution >= 0.6 is 23.2 Å². The number of H-pyrrole nitrogens is 1. The van der Waals surface area contributed by atoms with Crippen molar-refractivity contribution in [2.24, 2.45) is 11.7 Å². The molecule has 1 unspecified atom stereocenters. The number of hydrogen-bond acceptors (Lipinski definition) is 3. The minimum Gasteiger partial charge on any atom is -0.369 e. The molecule has 1 aromatic carbocycles. The molecule has 0 aliphatic carbocycles. The van der Waals surface area contributed by atoms with Gasteiger partial charge in [0, 0.05) is 31.4 Å². The third kappa shape index (κ3) is 4.05. The lowest BCUT2D eigenvalue weighted by Gasteiger charge is -2.31. The second-order valence-corrected chi connectivity index (χ2v) is 8.36. The molecule has 2 amide bonds. The fourth-order valence-corrected chi connectivity index (χ4v) is 4.38. The molecule has 2 aromatic heterocycles. The van der Waals surface area contributed by atoms with Gasteiger partial charge in [-0.1, -0.05) is 29.3 Å². The van der Waals surface area contributed by atoms with Gasteiger partial charge in [-0.2, -0.15) is 0 Å². The highest BCUT2D eigenvalue weighted by Crippen LogP contribution is 2.27. The average molecular weight is 465 g/mol. The molecule has 3 N–H and O–H groups in total. The maximum atomic E-state index is 14.5. The molecular formula is C21H19Cl2FN4O3. The number of aromatic nitrogens is 2. The molecule has 1 aliphatic heterocycles. The van der Waals surface area contributed by atoms with Crippen molar-refractivity contribution in [3.05, 3.63) is 73.6 Å². The minimum absolute atomic E-state index is 0.0834. The van der Waals surface area contributed by atoms with Gasteiger partial charge in [-0.3, -0.25) is 18.8 Å². The zero-order valence-corrected chi connectivity index (χ0v) is 17.8. The first-order chi connectivity index (χ1) is 14.8. The number of fused-ring (bicyclic) bond motifs is 1. The molecule has 10 heteroatoms. The van der Waals surface area contributed by atoms with Crippen molar-refractivity contribution < 1.29 is 14.0 Å². The first-order valence-corrected chi connectivity index (χ1v) is 10.5. The zero-order valence-electron chi connectivity index (χ0n) is 16.3. The van der Waals surface area contributed by atoms with E-state index in [2.05, 4.69) is 4.98 Å². The summed E-state index contributed by atoms with van der Waals surface area (Å²) in [4.78, 5) is 40.6. The molecule has 31 heavy (non-hydrogen) atoms. The SMILES string of the molecule is NC(=O)C1CCCN(C(=O)c2cc(Cc3c[nH]c(=O)c4cc(Cl)c(Cl)n34)ccc2F)C1. The van der Waals surface area contributed by atoms with Gasteiger partial charge in [0.15, 0.2) is 0 Å². The Morgan fingerprint density at radius 3 is 2.77 bits per heavy atom. The Kier molecular flexibility index (Phi) is 5.77. The molecule has 1 saturated heterocycles. The van der Waals surface area contributed by atoms with Gasteiger partial charge >= 0.3 is 0 Å². The van der Waals surface area contributed by atoms with Crippen molar-refractivity contribution in [2.75, 3.05) is 13.1 Å². The number of aromatic amines is 1. The molecule has 0 saturated carbocycles. The number of amides is 2. The number of halogens is 3. The maximum Gasteiger partial charge on any atom is 0.272 e. The Labute approximate surface area is 186 Å². The van der Waals surface area contributed by atoms with Crippen LogP contribution in [0.25, 0.3) is 5.52 Å². The number of nitrogens with one attached hydrogen (secondary N) is 1. The second-order valence-electron chi connectivity index (χ2n) is 7.60. The van der Waals surface area contributed by atoms with Crippen molar-refractivity contribution in [3.63, 3.8) is 0 Å². The van der Waals surface area contributed by atoms with E-state index in [1.807, 2.05) is 0 Å². The predicted octanol–water partition coefficient (Wildman–Crippen LogP) is 3.00. The van der Waals surface area contributed by atoms with Crippen molar-refractivity contribution in [2.45, 2.75) is 19.3 Å². The van der Waals surface area contributed by atoms with Crippen LogP contribution in [0.15, 0.2) is 35.3 Å². The third-order valence-electron chi connectivity index (χ3n) is 5.54. The van der Waals surface area contributed by atoms with E-state index in [4.69, 9.17) is 28.9 Å². The van der Waals surface area contributed by atoms with E-state index in [9.17, 15) is 18.8 Å². The van der Waals surface area contributed by atoms with Gasteiger partial charge in [0.25, 0.3) is 11.5 Å². The van der Waals surface area contributed by atoms with Crippen LogP contribution in [0.4, 0.5) is 4.39 Å². The highest BCUT2D eigenvalue weighted by molar-refractivity contribution is 6.42. The fourth-order valence-electron chi connectivity index (χ4n) is 3.94. The van der Waals surface area contributed by atoms with E-state index >= 15 is 0 Å². The van der Waals surface area contributed by atoms with Crippen LogP contribution in [-0.2, 0) is 11.2 Å². The molecule has 1 fully saturated rings. The Balaban J connectivity index is 1.66. The third-order valence-corrected chi connectivity index (χ3v) is 6.30. The summed E-state index contributed by atoms with van der Waals surface area (Å²) in [5.74, 6) is -2.03. The number of carbonyl (C=O) groups is 2. The van der Waals surface area contributed by atoms with Crippen molar-refractivity contribution in [3.8, 4) is 0 Å².